The molecule has 0 unspecified atom stereocenters. The Morgan fingerprint density at radius 1 is 1.71 bits per heavy atom. The van der Waals surface area contributed by atoms with Crippen LogP contribution in [0.25, 0.3) is 0 Å². The zero-order valence-electron chi connectivity index (χ0n) is 4.36. The zero-order valence-corrected chi connectivity index (χ0v) is 5.17. The van der Waals surface area contributed by atoms with Gasteiger partial charge in [0.25, 0.3) is 0 Å². The first kappa shape index (κ1) is 10.2. The molecule has 0 amide bonds. The zero-order chi connectivity index (χ0) is 4.99. The molecular weight excluding hydrogens is 117 g/mol. The molecule has 2 N–H and O–H groups in total. The van der Waals surface area contributed by atoms with Crippen molar-refractivity contribution in [3.8, 4) is 0 Å². The Morgan fingerprint density at radius 3 is 2.14 bits per heavy atom. The smallest absolute Gasteiger partial charge is 0.0909 e. The van der Waals surface area contributed by atoms with Crippen molar-refractivity contribution >= 4 is 12.4 Å². The summed E-state index contributed by atoms with van der Waals surface area (Å²) in [6.07, 6.45) is 0.486. The Morgan fingerprint density at radius 2 is 2.14 bits per heavy atom. The van der Waals surface area contributed by atoms with Crippen molar-refractivity contribution in [3.63, 3.8) is 0 Å². The molecular formula is C4H11ClFN. The van der Waals surface area contributed by atoms with Gasteiger partial charge < -0.3 is 5.73 Å². The second-order valence-electron chi connectivity index (χ2n) is 1.45. The summed E-state index contributed by atoms with van der Waals surface area (Å²) >= 11 is 0. The molecule has 0 spiro atoms. The van der Waals surface area contributed by atoms with Crippen LogP contribution < -0.4 is 5.73 Å². The predicted molar refractivity (Wildman–Crippen MR) is 31.5 cm³/mol. The van der Waals surface area contributed by atoms with Gasteiger partial charge in [0.05, 0.1) is 6.67 Å². The standard InChI is InChI=1S/C4H10FN.ClH/c1-4(6)2-3-5;/h4H,2-3,6H2,1H3;1H/t4-;/m0./s1. The number of halogens is 2. The molecule has 0 saturated heterocycles. The number of alkyl halides is 1. The van der Waals surface area contributed by atoms with E-state index in [2.05, 4.69) is 0 Å². The Bertz CT molecular complexity index is 32.9. The Balaban J connectivity index is 0. The van der Waals surface area contributed by atoms with Crippen LogP contribution in [0, 0.1) is 0 Å². The highest BCUT2D eigenvalue weighted by Crippen LogP contribution is 1.83. The summed E-state index contributed by atoms with van der Waals surface area (Å²) in [7, 11) is 0. The topological polar surface area (TPSA) is 26.0 Å². The summed E-state index contributed by atoms with van der Waals surface area (Å²) in [6, 6.07) is 0.0231. The van der Waals surface area contributed by atoms with E-state index in [1.54, 1.807) is 6.92 Å². The number of nitrogens with two attached hydrogens (primary N) is 1. The van der Waals surface area contributed by atoms with Crippen LogP contribution in [0.1, 0.15) is 13.3 Å². The quantitative estimate of drug-likeness (QED) is 0.591. The van der Waals surface area contributed by atoms with Gasteiger partial charge in [-0.3, -0.25) is 4.39 Å². The predicted octanol–water partition coefficient (Wildman–Crippen LogP) is 1.12. The SMILES string of the molecule is C[C@H](N)CCF.Cl. The van der Waals surface area contributed by atoms with E-state index in [1.807, 2.05) is 0 Å². The van der Waals surface area contributed by atoms with E-state index in [-0.39, 0.29) is 25.1 Å². The minimum atomic E-state index is -0.294. The lowest BCUT2D eigenvalue weighted by Crippen LogP contribution is -2.14. The first-order valence-corrected chi connectivity index (χ1v) is 2.09. The molecule has 0 aliphatic carbocycles. The molecule has 0 rings (SSSR count). The van der Waals surface area contributed by atoms with E-state index in [0.717, 1.165) is 0 Å². The molecule has 0 heterocycles. The van der Waals surface area contributed by atoms with Gasteiger partial charge in [0.2, 0.25) is 0 Å². The highest BCUT2D eigenvalue weighted by atomic mass is 35.5. The van der Waals surface area contributed by atoms with E-state index >= 15 is 0 Å². The second kappa shape index (κ2) is 6.18. The second-order valence-corrected chi connectivity index (χ2v) is 1.45. The fourth-order valence-electron chi connectivity index (χ4n) is 0.172. The van der Waals surface area contributed by atoms with Gasteiger partial charge in [0.1, 0.15) is 0 Å². The molecule has 0 aliphatic rings. The third-order valence-electron chi connectivity index (χ3n) is 0.564. The van der Waals surface area contributed by atoms with Gasteiger partial charge in [-0.25, -0.2) is 0 Å². The highest BCUT2D eigenvalue weighted by Gasteiger charge is 1.87. The number of hydrogen-bond acceptors (Lipinski definition) is 1. The average Bonchev–Trinajstić information content (AvgIpc) is 1.35. The van der Waals surface area contributed by atoms with E-state index < -0.39 is 0 Å². The van der Waals surface area contributed by atoms with Gasteiger partial charge in [0.15, 0.2) is 0 Å². The summed E-state index contributed by atoms with van der Waals surface area (Å²) in [5.41, 5.74) is 5.16. The normalized spacial score (nSPS) is 12.4. The van der Waals surface area contributed by atoms with Crippen LogP contribution in [-0.2, 0) is 0 Å². The molecule has 0 saturated carbocycles. The minimum absolute atomic E-state index is 0. The molecule has 46 valence electrons. The van der Waals surface area contributed by atoms with Crippen LogP contribution in [0.2, 0.25) is 0 Å². The molecule has 0 aromatic carbocycles. The van der Waals surface area contributed by atoms with Crippen LogP contribution in [-0.4, -0.2) is 12.7 Å². The van der Waals surface area contributed by atoms with E-state index in [9.17, 15) is 4.39 Å². The van der Waals surface area contributed by atoms with Crippen molar-refractivity contribution in [3.05, 3.63) is 0 Å². The molecule has 1 atom stereocenters. The van der Waals surface area contributed by atoms with Crippen molar-refractivity contribution in [2.45, 2.75) is 19.4 Å². The lowest BCUT2D eigenvalue weighted by atomic mass is 10.3. The maximum atomic E-state index is 11.2. The molecule has 3 heteroatoms. The summed E-state index contributed by atoms with van der Waals surface area (Å²) in [6.45, 7) is 1.50. The summed E-state index contributed by atoms with van der Waals surface area (Å²) < 4.78 is 11.2. The summed E-state index contributed by atoms with van der Waals surface area (Å²) in [4.78, 5) is 0. The lowest BCUT2D eigenvalue weighted by molar-refractivity contribution is 0.447. The number of hydrogen-bond donors (Lipinski definition) is 1. The fourth-order valence-corrected chi connectivity index (χ4v) is 0.172. The summed E-state index contributed by atoms with van der Waals surface area (Å²) in [5, 5.41) is 0. The van der Waals surface area contributed by atoms with E-state index in [1.165, 1.54) is 0 Å². The molecule has 1 nitrogen and oxygen atoms in total. The van der Waals surface area contributed by atoms with Crippen LogP contribution in [0.3, 0.4) is 0 Å². The van der Waals surface area contributed by atoms with E-state index in [4.69, 9.17) is 5.73 Å². The Labute approximate surface area is 49.5 Å². The monoisotopic (exact) mass is 127 g/mol. The lowest BCUT2D eigenvalue weighted by Gasteiger charge is -1.94. The Kier molecular flexibility index (Phi) is 9.02. The highest BCUT2D eigenvalue weighted by molar-refractivity contribution is 5.85. The van der Waals surface area contributed by atoms with Crippen LogP contribution >= 0.6 is 12.4 Å². The van der Waals surface area contributed by atoms with Crippen LogP contribution in [0.5, 0.6) is 0 Å². The van der Waals surface area contributed by atoms with Gasteiger partial charge in [-0.15, -0.1) is 12.4 Å². The molecule has 0 aromatic rings. The van der Waals surface area contributed by atoms with Gasteiger partial charge >= 0.3 is 0 Å². The Hall–Kier alpha value is 0.180. The van der Waals surface area contributed by atoms with Crippen LogP contribution in [0.4, 0.5) is 4.39 Å². The van der Waals surface area contributed by atoms with Crippen molar-refractivity contribution < 1.29 is 4.39 Å². The maximum absolute atomic E-state index is 11.2. The van der Waals surface area contributed by atoms with Crippen molar-refractivity contribution in [2.24, 2.45) is 5.73 Å². The van der Waals surface area contributed by atoms with Crippen molar-refractivity contribution in [1.82, 2.24) is 0 Å². The molecule has 0 fully saturated rings. The van der Waals surface area contributed by atoms with Gasteiger partial charge in [-0.1, -0.05) is 0 Å². The van der Waals surface area contributed by atoms with Gasteiger partial charge in [-0.05, 0) is 13.3 Å². The number of rotatable bonds is 2. The van der Waals surface area contributed by atoms with Gasteiger partial charge in [0, 0.05) is 6.04 Å². The molecule has 0 aromatic heterocycles. The largest absolute Gasteiger partial charge is 0.328 e. The maximum Gasteiger partial charge on any atom is 0.0909 e. The van der Waals surface area contributed by atoms with Crippen molar-refractivity contribution in [1.29, 1.82) is 0 Å². The van der Waals surface area contributed by atoms with E-state index in [0.29, 0.717) is 6.42 Å². The minimum Gasteiger partial charge on any atom is -0.328 e. The van der Waals surface area contributed by atoms with Crippen molar-refractivity contribution in [2.75, 3.05) is 6.67 Å². The summed E-state index contributed by atoms with van der Waals surface area (Å²) in [5.74, 6) is 0. The third kappa shape index (κ3) is 10.7. The third-order valence-corrected chi connectivity index (χ3v) is 0.564. The fraction of sp³-hybridized carbons (Fsp3) is 1.00. The molecule has 7 heavy (non-hydrogen) atoms. The first-order valence-electron chi connectivity index (χ1n) is 2.09. The van der Waals surface area contributed by atoms with Gasteiger partial charge in [-0.2, -0.15) is 0 Å². The average molecular weight is 128 g/mol. The first-order chi connectivity index (χ1) is 2.77. The molecule has 0 radical (unpaired) electrons. The molecule has 0 bridgehead atoms. The molecule has 0 aliphatic heterocycles. The van der Waals surface area contributed by atoms with Crippen LogP contribution in [0.15, 0.2) is 0 Å².